The van der Waals surface area contributed by atoms with Gasteiger partial charge in [-0.3, -0.25) is 0 Å². The maximum Gasteiger partial charge on any atom is 0.451 e. The van der Waals surface area contributed by atoms with Gasteiger partial charge >= 0.3 is 6.18 Å². The van der Waals surface area contributed by atoms with Crippen molar-refractivity contribution in [3.05, 3.63) is 41.3 Å². The summed E-state index contributed by atoms with van der Waals surface area (Å²) in [5, 5.41) is -0.353. The molecule has 4 nitrogen and oxygen atoms in total. The van der Waals surface area contributed by atoms with Crippen molar-refractivity contribution < 1.29 is 22.6 Å². The average Bonchev–Trinajstić information content (AvgIpc) is 2.38. The first kappa shape index (κ1) is 15.4. The fraction of sp³-hybridized carbons (Fsp3) is 0.231. The van der Waals surface area contributed by atoms with Crippen LogP contribution in [0.15, 0.2) is 30.3 Å². The van der Waals surface area contributed by atoms with E-state index in [1.54, 1.807) is 18.2 Å². The van der Waals surface area contributed by atoms with Gasteiger partial charge in [0.15, 0.2) is 0 Å². The number of halogens is 4. The zero-order valence-electron chi connectivity index (χ0n) is 10.8. The van der Waals surface area contributed by atoms with Crippen molar-refractivity contribution >= 4 is 11.6 Å². The molecule has 0 spiro atoms. The smallest absolute Gasteiger partial charge is 0.451 e. The summed E-state index contributed by atoms with van der Waals surface area (Å²) in [6.45, 7) is 2.27. The van der Waals surface area contributed by atoms with Crippen LogP contribution in [0.2, 0.25) is 5.15 Å². The summed E-state index contributed by atoms with van der Waals surface area (Å²) >= 11 is 5.55. The van der Waals surface area contributed by atoms with Crippen molar-refractivity contribution in [1.29, 1.82) is 0 Å². The maximum absolute atomic E-state index is 12.6. The Bertz CT molecular complexity index is 635. The number of aromatic nitrogens is 2. The summed E-state index contributed by atoms with van der Waals surface area (Å²) in [5.74, 6) is -0.836. The van der Waals surface area contributed by atoms with Crippen LogP contribution in [0.3, 0.4) is 0 Å². The van der Waals surface area contributed by atoms with Crippen molar-refractivity contribution in [1.82, 2.24) is 9.97 Å². The molecule has 0 unspecified atom stereocenters. The molecule has 0 fully saturated rings. The molecule has 0 aliphatic carbocycles. The van der Waals surface area contributed by atoms with E-state index in [0.29, 0.717) is 12.4 Å². The number of nitrogens with zero attached hydrogens (tertiary/aromatic N) is 2. The molecular formula is C13H10ClF3N2O2. The van der Waals surface area contributed by atoms with Crippen LogP contribution in [0.4, 0.5) is 13.2 Å². The van der Waals surface area contributed by atoms with Crippen LogP contribution in [0.5, 0.6) is 17.4 Å². The monoisotopic (exact) mass is 318 g/mol. The second-order valence-corrected chi connectivity index (χ2v) is 4.25. The van der Waals surface area contributed by atoms with Crippen LogP contribution < -0.4 is 9.47 Å². The van der Waals surface area contributed by atoms with E-state index in [1.807, 2.05) is 6.92 Å². The largest absolute Gasteiger partial charge is 0.494 e. The first-order valence-corrected chi connectivity index (χ1v) is 6.29. The molecule has 2 aromatic rings. The van der Waals surface area contributed by atoms with E-state index in [4.69, 9.17) is 21.1 Å². The van der Waals surface area contributed by atoms with E-state index in [0.717, 1.165) is 6.07 Å². The minimum atomic E-state index is -4.70. The Hall–Kier alpha value is -2.02. The molecule has 8 heteroatoms. The Kier molecular flexibility index (Phi) is 4.52. The zero-order valence-corrected chi connectivity index (χ0v) is 11.6. The first-order chi connectivity index (χ1) is 9.88. The van der Waals surface area contributed by atoms with E-state index >= 15 is 0 Å². The topological polar surface area (TPSA) is 44.2 Å². The highest BCUT2D eigenvalue weighted by Crippen LogP contribution is 2.31. The summed E-state index contributed by atoms with van der Waals surface area (Å²) in [6.07, 6.45) is -4.70. The maximum atomic E-state index is 12.6. The molecule has 2 rings (SSSR count). The Morgan fingerprint density at radius 2 is 1.86 bits per heavy atom. The van der Waals surface area contributed by atoms with E-state index in [2.05, 4.69) is 9.97 Å². The average molecular weight is 319 g/mol. The van der Waals surface area contributed by atoms with Crippen molar-refractivity contribution in [3.63, 3.8) is 0 Å². The van der Waals surface area contributed by atoms with Crippen molar-refractivity contribution in [2.45, 2.75) is 13.1 Å². The number of hydrogen-bond donors (Lipinski definition) is 0. The molecular weight excluding hydrogens is 309 g/mol. The molecule has 0 amide bonds. The summed E-state index contributed by atoms with van der Waals surface area (Å²) in [6, 6.07) is 7.54. The lowest BCUT2D eigenvalue weighted by molar-refractivity contribution is -0.145. The SMILES string of the molecule is CCOc1cccc(Oc2cc(Cl)nc(C(F)(F)F)n2)c1. The lowest BCUT2D eigenvalue weighted by Gasteiger charge is -2.10. The quantitative estimate of drug-likeness (QED) is 0.787. The molecule has 0 bridgehead atoms. The molecule has 21 heavy (non-hydrogen) atoms. The van der Waals surface area contributed by atoms with Crippen LogP contribution >= 0.6 is 11.6 Å². The molecule has 0 aliphatic rings. The highest BCUT2D eigenvalue weighted by Gasteiger charge is 2.35. The number of ether oxygens (including phenoxy) is 2. The third-order valence-electron chi connectivity index (χ3n) is 2.26. The summed E-state index contributed by atoms with van der Waals surface area (Å²) in [5.41, 5.74) is 0. The highest BCUT2D eigenvalue weighted by atomic mass is 35.5. The molecule has 112 valence electrons. The minimum absolute atomic E-state index is 0.281. The van der Waals surface area contributed by atoms with Crippen LogP contribution in [0.1, 0.15) is 12.7 Å². The predicted octanol–water partition coefficient (Wildman–Crippen LogP) is 4.34. The number of hydrogen-bond acceptors (Lipinski definition) is 4. The van der Waals surface area contributed by atoms with Crippen LogP contribution in [0.25, 0.3) is 0 Å². The van der Waals surface area contributed by atoms with E-state index in [-0.39, 0.29) is 16.8 Å². The third kappa shape index (κ3) is 4.22. The summed E-state index contributed by atoms with van der Waals surface area (Å²) < 4.78 is 48.3. The number of alkyl halides is 3. The van der Waals surface area contributed by atoms with Crippen molar-refractivity contribution in [3.8, 4) is 17.4 Å². The van der Waals surface area contributed by atoms with Crippen LogP contribution in [-0.4, -0.2) is 16.6 Å². The summed E-state index contributed by atoms with van der Waals surface area (Å²) in [7, 11) is 0. The Morgan fingerprint density at radius 3 is 2.52 bits per heavy atom. The normalized spacial score (nSPS) is 11.3. The van der Waals surface area contributed by atoms with Gasteiger partial charge in [0.1, 0.15) is 16.7 Å². The molecule has 0 N–H and O–H groups in total. The van der Waals surface area contributed by atoms with Gasteiger partial charge in [0.25, 0.3) is 0 Å². The van der Waals surface area contributed by atoms with Gasteiger partial charge in [0.05, 0.1) is 6.61 Å². The number of benzene rings is 1. The highest BCUT2D eigenvalue weighted by molar-refractivity contribution is 6.29. The first-order valence-electron chi connectivity index (χ1n) is 5.91. The molecule has 0 saturated heterocycles. The molecule has 0 atom stereocenters. The number of rotatable bonds is 4. The van der Waals surface area contributed by atoms with E-state index in [9.17, 15) is 13.2 Å². The van der Waals surface area contributed by atoms with Gasteiger partial charge in [-0.15, -0.1) is 0 Å². The zero-order chi connectivity index (χ0) is 15.5. The van der Waals surface area contributed by atoms with Gasteiger partial charge in [0, 0.05) is 12.1 Å². The summed E-state index contributed by atoms with van der Waals surface area (Å²) in [4.78, 5) is 6.41. The van der Waals surface area contributed by atoms with Crippen molar-refractivity contribution in [2.24, 2.45) is 0 Å². The molecule has 1 aromatic heterocycles. The predicted molar refractivity (Wildman–Crippen MR) is 69.7 cm³/mol. The molecule has 0 aliphatic heterocycles. The lowest BCUT2D eigenvalue weighted by atomic mass is 10.3. The van der Waals surface area contributed by atoms with Gasteiger partial charge in [-0.2, -0.15) is 18.2 Å². The van der Waals surface area contributed by atoms with Crippen LogP contribution in [0, 0.1) is 0 Å². The van der Waals surface area contributed by atoms with Gasteiger partial charge < -0.3 is 9.47 Å². The fourth-order valence-electron chi connectivity index (χ4n) is 1.49. The Balaban J connectivity index is 2.27. The van der Waals surface area contributed by atoms with E-state index in [1.165, 1.54) is 6.07 Å². The standard InChI is InChI=1S/C13H10ClF3N2O2/c1-2-20-8-4-3-5-9(6-8)21-11-7-10(14)18-12(19-11)13(15,16)17/h3-7H,2H2,1H3. The minimum Gasteiger partial charge on any atom is -0.494 e. The molecule has 1 heterocycles. The molecule has 0 saturated carbocycles. The van der Waals surface area contributed by atoms with Gasteiger partial charge in [-0.25, -0.2) is 4.98 Å². The van der Waals surface area contributed by atoms with Gasteiger partial charge in [-0.05, 0) is 19.1 Å². The Morgan fingerprint density at radius 1 is 1.14 bits per heavy atom. The second kappa shape index (κ2) is 6.17. The van der Waals surface area contributed by atoms with Gasteiger partial charge in [0.2, 0.25) is 11.7 Å². The lowest BCUT2D eigenvalue weighted by Crippen LogP contribution is -2.11. The Labute approximate surface area is 123 Å². The second-order valence-electron chi connectivity index (χ2n) is 3.86. The molecule has 1 aromatic carbocycles. The van der Waals surface area contributed by atoms with E-state index < -0.39 is 12.0 Å². The van der Waals surface area contributed by atoms with Gasteiger partial charge in [-0.1, -0.05) is 17.7 Å². The fourth-order valence-corrected chi connectivity index (χ4v) is 1.66. The van der Waals surface area contributed by atoms with Crippen LogP contribution in [-0.2, 0) is 6.18 Å². The third-order valence-corrected chi connectivity index (χ3v) is 2.46. The molecule has 0 radical (unpaired) electrons. The van der Waals surface area contributed by atoms with Crippen molar-refractivity contribution in [2.75, 3.05) is 6.61 Å².